The lowest BCUT2D eigenvalue weighted by atomic mass is 9.85. The van der Waals surface area contributed by atoms with Crippen LogP contribution >= 0.6 is 0 Å². The van der Waals surface area contributed by atoms with Crippen LogP contribution in [-0.4, -0.2) is 5.91 Å². The molecule has 0 aliphatic rings. The van der Waals surface area contributed by atoms with Crippen LogP contribution in [0.1, 0.15) is 31.7 Å². The second kappa shape index (κ2) is 4.80. The van der Waals surface area contributed by atoms with Gasteiger partial charge >= 0.3 is 0 Å². The van der Waals surface area contributed by atoms with Gasteiger partial charge in [0.1, 0.15) is 0 Å². The third-order valence-electron chi connectivity index (χ3n) is 2.73. The van der Waals surface area contributed by atoms with Crippen LogP contribution in [0, 0.1) is 5.92 Å². The molecule has 0 aromatic heterocycles. The third-order valence-corrected chi connectivity index (χ3v) is 2.73. The van der Waals surface area contributed by atoms with E-state index in [1.165, 1.54) is 5.56 Å². The van der Waals surface area contributed by atoms with E-state index in [2.05, 4.69) is 0 Å². The number of hydrogen-bond donors (Lipinski definition) is 1. The smallest absolute Gasteiger partial charge is 0.221 e. The van der Waals surface area contributed by atoms with Gasteiger partial charge in [0.2, 0.25) is 5.91 Å². The summed E-state index contributed by atoms with van der Waals surface area (Å²) in [5, 5.41) is 0. The van der Waals surface area contributed by atoms with Crippen molar-refractivity contribution in [2.45, 2.75) is 26.2 Å². The van der Waals surface area contributed by atoms with E-state index >= 15 is 0 Å². The molecule has 0 aliphatic carbocycles. The molecular weight excluding hydrogens is 174 g/mol. The molecule has 2 nitrogen and oxygen atoms in total. The van der Waals surface area contributed by atoms with Crippen LogP contribution in [0.15, 0.2) is 30.3 Å². The summed E-state index contributed by atoms with van der Waals surface area (Å²) in [5.74, 6) is -0.0556. The SMILES string of the molecule is CCC(C(N)=O)[C@@H](C)c1ccccc1. The van der Waals surface area contributed by atoms with Crippen molar-refractivity contribution in [2.75, 3.05) is 0 Å². The summed E-state index contributed by atoms with van der Waals surface area (Å²) in [6.07, 6.45) is 0.797. The van der Waals surface area contributed by atoms with E-state index in [1.54, 1.807) is 0 Å². The first-order chi connectivity index (χ1) is 6.66. The summed E-state index contributed by atoms with van der Waals surface area (Å²) in [4.78, 5) is 11.2. The molecule has 2 N–H and O–H groups in total. The Morgan fingerprint density at radius 1 is 1.36 bits per heavy atom. The minimum absolute atomic E-state index is 0.0580. The molecule has 0 aliphatic heterocycles. The number of amides is 1. The number of hydrogen-bond acceptors (Lipinski definition) is 1. The van der Waals surface area contributed by atoms with Crippen LogP contribution in [0.2, 0.25) is 0 Å². The summed E-state index contributed by atoms with van der Waals surface area (Å²) in [6, 6.07) is 10.0. The van der Waals surface area contributed by atoms with Crippen molar-refractivity contribution < 1.29 is 4.79 Å². The molecule has 0 saturated heterocycles. The maximum Gasteiger partial charge on any atom is 0.221 e. The molecule has 0 heterocycles. The number of benzene rings is 1. The molecule has 0 spiro atoms. The van der Waals surface area contributed by atoms with Gasteiger partial charge in [-0.3, -0.25) is 4.79 Å². The van der Waals surface area contributed by atoms with Gasteiger partial charge in [-0.1, -0.05) is 44.2 Å². The Balaban J connectivity index is 2.83. The standard InChI is InChI=1S/C12H17NO/c1-3-11(12(13)14)9(2)10-7-5-4-6-8-10/h4-9,11H,3H2,1-2H3,(H2,13,14)/t9-,11?/m0/s1. The first-order valence-electron chi connectivity index (χ1n) is 5.01. The molecule has 1 amide bonds. The maximum atomic E-state index is 11.2. The second-order valence-corrected chi connectivity index (χ2v) is 3.62. The highest BCUT2D eigenvalue weighted by molar-refractivity contribution is 5.77. The lowest BCUT2D eigenvalue weighted by Gasteiger charge is -2.19. The van der Waals surface area contributed by atoms with Gasteiger partial charge in [0, 0.05) is 5.92 Å². The molecule has 0 bridgehead atoms. The number of carbonyl (C=O) groups is 1. The minimum Gasteiger partial charge on any atom is -0.369 e. The van der Waals surface area contributed by atoms with Gasteiger partial charge in [-0.25, -0.2) is 0 Å². The summed E-state index contributed by atoms with van der Waals surface area (Å²) >= 11 is 0. The van der Waals surface area contributed by atoms with E-state index < -0.39 is 0 Å². The summed E-state index contributed by atoms with van der Waals surface area (Å²) in [6.45, 7) is 4.04. The fraction of sp³-hybridized carbons (Fsp3) is 0.417. The average Bonchev–Trinajstić information content (AvgIpc) is 2.19. The molecule has 1 unspecified atom stereocenters. The Morgan fingerprint density at radius 2 is 1.93 bits per heavy atom. The van der Waals surface area contributed by atoms with Crippen molar-refractivity contribution in [2.24, 2.45) is 11.7 Å². The fourth-order valence-corrected chi connectivity index (χ4v) is 1.79. The highest BCUT2D eigenvalue weighted by Gasteiger charge is 2.21. The minimum atomic E-state index is -0.205. The van der Waals surface area contributed by atoms with E-state index in [0.717, 1.165) is 6.42 Å². The average molecular weight is 191 g/mol. The Morgan fingerprint density at radius 3 is 2.36 bits per heavy atom. The van der Waals surface area contributed by atoms with Crippen LogP contribution < -0.4 is 5.73 Å². The van der Waals surface area contributed by atoms with Crippen molar-refractivity contribution in [3.8, 4) is 0 Å². The van der Waals surface area contributed by atoms with Crippen molar-refractivity contribution in [3.05, 3.63) is 35.9 Å². The molecule has 2 atom stereocenters. The van der Waals surface area contributed by atoms with Crippen molar-refractivity contribution in [3.63, 3.8) is 0 Å². The second-order valence-electron chi connectivity index (χ2n) is 3.62. The largest absolute Gasteiger partial charge is 0.369 e. The number of carbonyl (C=O) groups excluding carboxylic acids is 1. The van der Waals surface area contributed by atoms with Crippen LogP contribution in [-0.2, 0) is 4.79 Å². The van der Waals surface area contributed by atoms with E-state index in [9.17, 15) is 4.79 Å². The third kappa shape index (κ3) is 2.34. The molecular formula is C12H17NO. The normalized spacial score (nSPS) is 14.7. The van der Waals surface area contributed by atoms with Gasteiger partial charge in [-0.05, 0) is 17.9 Å². The van der Waals surface area contributed by atoms with Crippen molar-refractivity contribution in [1.29, 1.82) is 0 Å². The Kier molecular flexibility index (Phi) is 3.69. The van der Waals surface area contributed by atoms with E-state index in [-0.39, 0.29) is 17.7 Å². The summed E-state index contributed by atoms with van der Waals surface area (Å²) in [5.41, 5.74) is 6.53. The van der Waals surface area contributed by atoms with Gasteiger partial charge in [-0.2, -0.15) is 0 Å². The predicted octanol–water partition coefficient (Wildman–Crippen LogP) is 2.30. The van der Waals surface area contributed by atoms with Gasteiger partial charge in [0.05, 0.1) is 0 Å². The van der Waals surface area contributed by atoms with Crippen LogP contribution in [0.5, 0.6) is 0 Å². The summed E-state index contributed by atoms with van der Waals surface area (Å²) < 4.78 is 0. The molecule has 2 heteroatoms. The van der Waals surface area contributed by atoms with E-state index in [0.29, 0.717) is 0 Å². The lowest BCUT2D eigenvalue weighted by Crippen LogP contribution is -2.27. The predicted molar refractivity (Wildman–Crippen MR) is 57.8 cm³/mol. The highest BCUT2D eigenvalue weighted by Crippen LogP contribution is 2.25. The van der Waals surface area contributed by atoms with Gasteiger partial charge in [-0.15, -0.1) is 0 Å². The Labute approximate surface area is 85.1 Å². The molecule has 0 saturated carbocycles. The Bertz CT molecular complexity index is 294. The molecule has 1 rings (SSSR count). The molecule has 76 valence electrons. The van der Waals surface area contributed by atoms with Gasteiger partial charge < -0.3 is 5.73 Å². The topological polar surface area (TPSA) is 43.1 Å². The first-order valence-corrected chi connectivity index (χ1v) is 5.01. The van der Waals surface area contributed by atoms with Crippen molar-refractivity contribution >= 4 is 5.91 Å². The lowest BCUT2D eigenvalue weighted by molar-refractivity contribution is -0.122. The quantitative estimate of drug-likeness (QED) is 0.779. The number of rotatable bonds is 4. The monoisotopic (exact) mass is 191 g/mol. The van der Waals surface area contributed by atoms with Gasteiger partial charge in [0.25, 0.3) is 0 Å². The van der Waals surface area contributed by atoms with Crippen molar-refractivity contribution in [1.82, 2.24) is 0 Å². The fourth-order valence-electron chi connectivity index (χ4n) is 1.79. The van der Waals surface area contributed by atoms with Crippen LogP contribution in [0.25, 0.3) is 0 Å². The molecule has 1 aromatic carbocycles. The molecule has 1 aromatic rings. The van der Waals surface area contributed by atoms with E-state index in [1.807, 2.05) is 44.2 Å². The number of nitrogens with two attached hydrogens (primary N) is 1. The number of primary amides is 1. The van der Waals surface area contributed by atoms with Gasteiger partial charge in [0.15, 0.2) is 0 Å². The van der Waals surface area contributed by atoms with E-state index in [4.69, 9.17) is 5.73 Å². The zero-order chi connectivity index (χ0) is 10.6. The first kappa shape index (κ1) is 10.8. The Hall–Kier alpha value is -1.31. The molecule has 0 fully saturated rings. The zero-order valence-electron chi connectivity index (χ0n) is 8.73. The highest BCUT2D eigenvalue weighted by atomic mass is 16.1. The van der Waals surface area contributed by atoms with Crippen LogP contribution in [0.4, 0.5) is 0 Å². The molecule has 14 heavy (non-hydrogen) atoms. The summed E-state index contributed by atoms with van der Waals surface area (Å²) in [7, 11) is 0. The van der Waals surface area contributed by atoms with Crippen LogP contribution in [0.3, 0.4) is 0 Å². The molecule has 0 radical (unpaired) electrons. The zero-order valence-corrected chi connectivity index (χ0v) is 8.73. The maximum absolute atomic E-state index is 11.2.